The first-order valence-electron chi connectivity index (χ1n) is 8.35. The van der Waals surface area contributed by atoms with Gasteiger partial charge in [0.25, 0.3) is 0 Å². The molecule has 130 valence electrons. The van der Waals surface area contributed by atoms with Crippen molar-refractivity contribution >= 4 is 34.8 Å². The van der Waals surface area contributed by atoms with E-state index in [1.165, 1.54) is 0 Å². The zero-order chi connectivity index (χ0) is 17.8. The summed E-state index contributed by atoms with van der Waals surface area (Å²) in [4.78, 5) is 4.71. The molecule has 0 aliphatic rings. The molecule has 0 atom stereocenters. The van der Waals surface area contributed by atoms with Crippen molar-refractivity contribution in [2.75, 3.05) is 6.61 Å². The van der Waals surface area contributed by atoms with Crippen molar-refractivity contribution in [2.24, 2.45) is 0 Å². The quantitative estimate of drug-likeness (QED) is 0.451. The second-order valence-corrected chi connectivity index (χ2v) is 6.15. The van der Waals surface area contributed by atoms with Crippen LogP contribution in [0.15, 0.2) is 71.3 Å². The molecule has 4 nitrogen and oxygen atoms in total. The molecule has 0 N–H and O–H groups in total. The van der Waals surface area contributed by atoms with E-state index in [-0.39, 0.29) is 0 Å². The van der Waals surface area contributed by atoms with E-state index in [4.69, 9.17) is 25.7 Å². The van der Waals surface area contributed by atoms with Crippen molar-refractivity contribution in [3.05, 3.63) is 83.5 Å². The predicted molar refractivity (Wildman–Crippen MR) is 104 cm³/mol. The minimum atomic E-state index is 0.492. The van der Waals surface area contributed by atoms with E-state index in [2.05, 4.69) is 10.6 Å². The Hall–Kier alpha value is -2.98. The Bertz CT molecular complexity index is 1040. The third-order valence-corrected chi connectivity index (χ3v) is 4.35. The summed E-state index contributed by atoms with van der Waals surface area (Å²) in [5.41, 5.74) is 2.01. The summed E-state index contributed by atoms with van der Waals surface area (Å²) in [6.07, 6.45) is 5.51. The highest BCUT2D eigenvalue weighted by molar-refractivity contribution is 6.32. The Labute approximate surface area is 156 Å². The van der Waals surface area contributed by atoms with Crippen LogP contribution in [0.1, 0.15) is 11.6 Å². The molecule has 2 aromatic carbocycles. The van der Waals surface area contributed by atoms with Gasteiger partial charge in [0.1, 0.15) is 23.9 Å². The molecule has 0 unspecified atom stereocenters. The number of fused-ring (bicyclic) bond motifs is 1. The molecule has 0 radical (unpaired) electrons. The molecule has 4 aromatic rings. The van der Waals surface area contributed by atoms with Gasteiger partial charge in [-0.2, -0.15) is 0 Å². The fraction of sp³-hybridized carbons (Fsp3) is 0.0952. The van der Waals surface area contributed by atoms with Crippen molar-refractivity contribution < 1.29 is 9.15 Å². The number of benzene rings is 2. The first-order chi connectivity index (χ1) is 12.8. The topological polar surface area (TPSA) is 40.2 Å². The molecule has 4 rings (SSSR count). The zero-order valence-electron chi connectivity index (χ0n) is 14.0. The van der Waals surface area contributed by atoms with E-state index in [1.807, 2.05) is 66.7 Å². The lowest BCUT2D eigenvalue weighted by atomic mass is 10.3. The van der Waals surface area contributed by atoms with Crippen molar-refractivity contribution in [2.45, 2.75) is 6.54 Å². The molecule has 0 saturated carbocycles. The summed E-state index contributed by atoms with van der Waals surface area (Å²) in [7, 11) is 0. The standard InChI is InChI=1S/C21H17ClN2O2/c22-17-7-1-4-10-20(17)26-15-13-24-19-9-3-2-8-18(19)23-21(24)12-11-16-6-5-14-25-16/h1-12,14H,13,15H2/b12-11+. The second kappa shape index (κ2) is 7.50. The van der Waals surface area contributed by atoms with Gasteiger partial charge >= 0.3 is 0 Å². The average Bonchev–Trinajstić information content (AvgIpc) is 3.29. The average molecular weight is 365 g/mol. The Morgan fingerprint density at radius 3 is 2.69 bits per heavy atom. The minimum absolute atomic E-state index is 0.492. The molecule has 2 aromatic heterocycles. The zero-order valence-corrected chi connectivity index (χ0v) is 14.8. The largest absolute Gasteiger partial charge is 0.490 e. The Balaban J connectivity index is 1.58. The van der Waals surface area contributed by atoms with Gasteiger partial charge in [-0.3, -0.25) is 0 Å². The number of hydrogen-bond donors (Lipinski definition) is 0. The summed E-state index contributed by atoms with van der Waals surface area (Å²) in [5.74, 6) is 2.33. The van der Waals surface area contributed by atoms with Gasteiger partial charge in [-0.15, -0.1) is 0 Å². The Morgan fingerprint density at radius 2 is 1.85 bits per heavy atom. The lowest BCUT2D eigenvalue weighted by molar-refractivity contribution is 0.300. The number of furan rings is 1. The number of imidazole rings is 1. The maximum Gasteiger partial charge on any atom is 0.137 e. The lowest BCUT2D eigenvalue weighted by Crippen LogP contribution is -2.09. The van der Waals surface area contributed by atoms with Crippen molar-refractivity contribution in [3.63, 3.8) is 0 Å². The van der Waals surface area contributed by atoms with Crippen LogP contribution < -0.4 is 4.74 Å². The predicted octanol–water partition coefficient (Wildman–Crippen LogP) is 5.53. The Kier molecular flexibility index (Phi) is 4.75. The van der Waals surface area contributed by atoms with Gasteiger partial charge in [0.2, 0.25) is 0 Å². The fourth-order valence-electron chi connectivity index (χ4n) is 2.81. The van der Waals surface area contributed by atoms with Crippen LogP contribution in [0.3, 0.4) is 0 Å². The molecule has 0 bridgehead atoms. The highest BCUT2D eigenvalue weighted by Crippen LogP contribution is 2.23. The van der Waals surface area contributed by atoms with Crippen LogP contribution in [0.2, 0.25) is 5.02 Å². The fourth-order valence-corrected chi connectivity index (χ4v) is 3.00. The number of aromatic nitrogens is 2. The van der Waals surface area contributed by atoms with Gasteiger partial charge in [-0.05, 0) is 48.6 Å². The minimum Gasteiger partial charge on any atom is -0.490 e. The van der Waals surface area contributed by atoms with Crippen molar-refractivity contribution in [1.29, 1.82) is 0 Å². The monoisotopic (exact) mass is 364 g/mol. The first kappa shape index (κ1) is 16.5. The number of rotatable bonds is 6. The molecule has 0 spiro atoms. The van der Waals surface area contributed by atoms with Gasteiger partial charge in [-0.25, -0.2) is 4.98 Å². The smallest absolute Gasteiger partial charge is 0.137 e. The molecular formula is C21H17ClN2O2. The van der Waals surface area contributed by atoms with Crippen LogP contribution in [-0.2, 0) is 6.54 Å². The second-order valence-electron chi connectivity index (χ2n) is 5.74. The molecule has 2 heterocycles. The summed E-state index contributed by atoms with van der Waals surface area (Å²) in [5, 5.41) is 0.612. The van der Waals surface area contributed by atoms with Crippen LogP contribution in [-0.4, -0.2) is 16.2 Å². The van der Waals surface area contributed by atoms with Crippen molar-refractivity contribution in [1.82, 2.24) is 9.55 Å². The van der Waals surface area contributed by atoms with Crippen LogP contribution in [0, 0.1) is 0 Å². The molecular weight excluding hydrogens is 348 g/mol. The molecule has 5 heteroatoms. The van der Waals surface area contributed by atoms with Crippen LogP contribution in [0.4, 0.5) is 0 Å². The van der Waals surface area contributed by atoms with E-state index < -0.39 is 0 Å². The number of halogens is 1. The van der Waals surface area contributed by atoms with Gasteiger partial charge in [0.05, 0.1) is 28.9 Å². The number of nitrogens with zero attached hydrogens (tertiary/aromatic N) is 2. The molecule has 26 heavy (non-hydrogen) atoms. The maximum absolute atomic E-state index is 6.15. The van der Waals surface area contributed by atoms with Gasteiger partial charge < -0.3 is 13.7 Å². The van der Waals surface area contributed by atoms with E-state index in [9.17, 15) is 0 Å². The van der Waals surface area contributed by atoms with Crippen LogP contribution in [0.5, 0.6) is 5.75 Å². The van der Waals surface area contributed by atoms with E-state index in [1.54, 1.807) is 6.26 Å². The SMILES string of the molecule is Clc1ccccc1OCCn1c(/C=C/c2ccco2)nc2ccccc21. The summed E-state index contributed by atoms with van der Waals surface area (Å²) in [6.45, 7) is 1.15. The van der Waals surface area contributed by atoms with Crippen LogP contribution in [0.25, 0.3) is 23.2 Å². The number of ether oxygens (including phenoxy) is 1. The van der Waals surface area contributed by atoms with E-state index in [0.717, 1.165) is 22.6 Å². The molecule has 0 saturated heterocycles. The highest BCUT2D eigenvalue weighted by Gasteiger charge is 2.09. The Morgan fingerprint density at radius 1 is 1.00 bits per heavy atom. The first-order valence-corrected chi connectivity index (χ1v) is 8.73. The summed E-state index contributed by atoms with van der Waals surface area (Å²) in [6, 6.07) is 19.3. The normalized spacial score (nSPS) is 11.4. The van der Waals surface area contributed by atoms with E-state index in [0.29, 0.717) is 23.9 Å². The third-order valence-electron chi connectivity index (χ3n) is 4.03. The summed E-state index contributed by atoms with van der Waals surface area (Å²) < 4.78 is 13.3. The highest BCUT2D eigenvalue weighted by atomic mass is 35.5. The molecule has 0 aliphatic heterocycles. The van der Waals surface area contributed by atoms with Gasteiger partial charge in [0.15, 0.2) is 0 Å². The maximum atomic E-state index is 6.15. The van der Waals surface area contributed by atoms with Gasteiger partial charge in [0, 0.05) is 0 Å². The molecule has 0 aliphatic carbocycles. The van der Waals surface area contributed by atoms with Crippen molar-refractivity contribution in [3.8, 4) is 5.75 Å². The number of para-hydroxylation sites is 3. The molecule has 0 amide bonds. The van der Waals surface area contributed by atoms with Crippen LogP contribution >= 0.6 is 11.6 Å². The molecule has 0 fully saturated rings. The number of hydrogen-bond acceptors (Lipinski definition) is 3. The lowest BCUT2D eigenvalue weighted by Gasteiger charge is -2.10. The van der Waals surface area contributed by atoms with E-state index >= 15 is 0 Å². The van der Waals surface area contributed by atoms with Gasteiger partial charge in [-0.1, -0.05) is 35.9 Å². The third kappa shape index (κ3) is 3.51. The summed E-state index contributed by atoms with van der Waals surface area (Å²) >= 11 is 6.15.